The summed E-state index contributed by atoms with van der Waals surface area (Å²) in [6, 6.07) is 13.5. The molecule has 3 aromatic carbocycles. The van der Waals surface area contributed by atoms with Crippen LogP contribution in [0.3, 0.4) is 0 Å². The molecule has 2 aliphatic heterocycles. The van der Waals surface area contributed by atoms with Crippen molar-refractivity contribution in [3.8, 4) is 11.5 Å². The third-order valence-corrected chi connectivity index (χ3v) is 8.37. The predicted molar refractivity (Wildman–Crippen MR) is 153 cm³/mol. The van der Waals surface area contributed by atoms with Gasteiger partial charge in [0.2, 0.25) is 5.91 Å². The van der Waals surface area contributed by atoms with Crippen LogP contribution in [-0.2, 0) is 16.8 Å². The van der Waals surface area contributed by atoms with Crippen LogP contribution in [-0.4, -0.2) is 61.4 Å². The van der Waals surface area contributed by atoms with Crippen LogP contribution in [0.25, 0.3) is 0 Å². The first kappa shape index (κ1) is 29.3. The average Bonchev–Trinajstić information content (AvgIpc) is 2.98. The van der Waals surface area contributed by atoms with Gasteiger partial charge in [0.15, 0.2) is 23.1 Å². The normalized spacial score (nSPS) is 15.7. The van der Waals surface area contributed by atoms with Gasteiger partial charge in [0.05, 0.1) is 24.8 Å². The number of benzene rings is 3. The van der Waals surface area contributed by atoms with E-state index in [0.29, 0.717) is 31.6 Å². The Morgan fingerprint density at radius 3 is 2.17 bits per heavy atom. The van der Waals surface area contributed by atoms with Crippen molar-refractivity contribution in [1.29, 1.82) is 0 Å². The fourth-order valence-electron chi connectivity index (χ4n) is 5.97. The van der Waals surface area contributed by atoms with Crippen LogP contribution in [0.5, 0.6) is 11.5 Å². The largest absolute Gasteiger partial charge is 0.494 e. The van der Waals surface area contributed by atoms with Gasteiger partial charge in [0, 0.05) is 50.3 Å². The van der Waals surface area contributed by atoms with E-state index in [1.165, 1.54) is 26.0 Å². The maximum absolute atomic E-state index is 15.3. The second-order valence-corrected chi connectivity index (χ2v) is 11.0. The molecule has 220 valence electrons. The summed E-state index contributed by atoms with van der Waals surface area (Å²) in [6.45, 7) is 2.49. The second-order valence-electron chi connectivity index (χ2n) is 10.6. The van der Waals surface area contributed by atoms with E-state index in [2.05, 4.69) is 5.32 Å². The molecular weight excluding hydrogens is 568 g/mol. The third-order valence-electron chi connectivity index (χ3n) is 8.04. The Morgan fingerprint density at radius 2 is 1.55 bits per heavy atom. The maximum Gasteiger partial charge on any atom is 0.260 e. The van der Waals surface area contributed by atoms with E-state index < -0.39 is 28.5 Å². The lowest BCUT2D eigenvalue weighted by Gasteiger charge is -2.48. The van der Waals surface area contributed by atoms with Crippen molar-refractivity contribution < 1.29 is 32.6 Å². The van der Waals surface area contributed by atoms with Crippen LogP contribution >= 0.6 is 11.6 Å². The summed E-state index contributed by atoms with van der Waals surface area (Å²) >= 11 is 6.35. The highest BCUT2D eigenvalue weighted by Gasteiger charge is 2.45. The summed E-state index contributed by atoms with van der Waals surface area (Å²) in [5, 5.41) is 2.93. The summed E-state index contributed by atoms with van der Waals surface area (Å²) < 4.78 is 40.6. The molecule has 0 aromatic heterocycles. The molecule has 5 rings (SSSR count). The number of hydrogen-bond acceptors (Lipinski definition) is 5. The van der Waals surface area contributed by atoms with Crippen LogP contribution in [0.2, 0.25) is 5.02 Å². The minimum absolute atomic E-state index is 0.170. The fraction of sp³-hybridized carbons (Fsp3) is 0.323. The van der Waals surface area contributed by atoms with E-state index in [1.54, 1.807) is 23.1 Å². The van der Waals surface area contributed by atoms with E-state index in [4.69, 9.17) is 21.1 Å². The monoisotopic (exact) mass is 597 g/mol. The first-order chi connectivity index (χ1) is 20.1. The van der Waals surface area contributed by atoms with Crippen molar-refractivity contribution in [2.24, 2.45) is 0 Å². The number of piperidine rings is 1. The molecule has 1 fully saturated rings. The molecule has 0 aliphatic carbocycles. The zero-order valence-electron chi connectivity index (χ0n) is 23.4. The van der Waals surface area contributed by atoms with Gasteiger partial charge < -0.3 is 24.6 Å². The van der Waals surface area contributed by atoms with Gasteiger partial charge in [0.25, 0.3) is 11.8 Å². The number of ether oxygens (including phenoxy) is 2. The molecule has 1 N–H and O–H groups in total. The van der Waals surface area contributed by atoms with Crippen molar-refractivity contribution in [3.63, 3.8) is 0 Å². The summed E-state index contributed by atoms with van der Waals surface area (Å²) in [4.78, 5) is 41.9. The van der Waals surface area contributed by atoms with Gasteiger partial charge in [-0.2, -0.15) is 0 Å². The molecule has 0 bridgehead atoms. The Balaban J connectivity index is 1.43. The van der Waals surface area contributed by atoms with E-state index in [0.717, 1.165) is 17.2 Å². The lowest BCUT2D eigenvalue weighted by molar-refractivity contribution is -0.114. The molecule has 3 aromatic rings. The molecule has 0 radical (unpaired) electrons. The van der Waals surface area contributed by atoms with Gasteiger partial charge >= 0.3 is 0 Å². The average molecular weight is 598 g/mol. The number of carbonyl (C=O) groups is 3. The van der Waals surface area contributed by atoms with Gasteiger partial charge in [-0.1, -0.05) is 35.9 Å². The number of nitrogens with zero attached hydrogens (tertiary/aromatic N) is 2. The highest BCUT2D eigenvalue weighted by molar-refractivity contribution is 6.34. The predicted octanol–water partition coefficient (Wildman–Crippen LogP) is 5.42. The number of rotatable bonds is 5. The number of hydrogen-bond donors (Lipinski definition) is 1. The van der Waals surface area contributed by atoms with Gasteiger partial charge in [-0.25, -0.2) is 8.78 Å². The number of likely N-dealkylation sites (tertiary alicyclic amines) is 1. The van der Waals surface area contributed by atoms with Gasteiger partial charge in [-0.3, -0.25) is 14.4 Å². The Hall–Kier alpha value is -4.18. The van der Waals surface area contributed by atoms with Crippen molar-refractivity contribution >= 4 is 35.0 Å². The quantitative estimate of drug-likeness (QED) is 0.424. The van der Waals surface area contributed by atoms with Crippen molar-refractivity contribution in [2.75, 3.05) is 39.2 Å². The summed E-state index contributed by atoms with van der Waals surface area (Å²) in [7, 11) is 2.46. The lowest BCUT2D eigenvalue weighted by Crippen LogP contribution is -2.54. The number of nitrogens with one attached hydrogen (secondary N) is 1. The van der Waals surface area contributed by atoms with E-state index in [1.807, 2.05) is 24.3 Å². The molecule has 2 heterocycles. The number of methoxy groups -OCH3 is 2. The minimum Gasteiger partial charge on any atom is -0.494 e. The van der Waals surface area contributed by atoms with Crippen LogP contribution in [0.4, 0.5) is 14.5 Å². The molecule has 0 unspecified atom stereocenters. The highest BCUT2D eigenvalue weighted by atomic mass is 35.5. The molecule has 3 amide bonds. The van der Waals surface area contributed by atoms with E-state index in [-0.39, 0.29) is 47.0 Å². The number of amides is 3. The molecular formula is C31H30ClF2N3O5. The highest BCUT2D eigenvalue weighted by Crippen LogP contribution is 2.43. The zero-order valence-corrected chi connectivity index (χ0v) is 24.2. The third kappa shape index (κ3) is 5.27. The van der Waals surface area contributed by atoms with E-state index >= 15 is 8.78 Å². The molecule has 0 atom stereocenters. The molecule has 11 heteroatoms. The maximum atomic E-state index is 15.3. The Morgan fingerprint density at radius 1 is 0.905 bits per heavy atom. The first-order valence-electron chi connectivity index (χ1n) is 13.4. The van der Waals surface area contributed by atoms with Crippen LogP contribution < -0.4 is 14.8 Å². The van der Waals surface area contributed by atoms with Gasteiger partial charge in [-0.05, 0) is 42.2 Å². The number of fused-ring (bicyclic) bond motifs is 2. The molecule has 2 aliphatic rings. The second kappa shape index (κ2) is 11.6. The number of halogens is 3. The Labute approximate surface area is 247 Å². The zero-order chi connectivity index (χ0) is 30.2. The molecule has 1 saturated heterocycles. The SMILES string of the molecule is COc1cc(OC)c(F)c(C(=O)N2Cc3ccccc3C3(CCN(C(=O)c4cc(NC(C)=O)ccc4Cl)CC3)C2)c1F. The summed E-state index contributed by atoms with van der Waals surface area (Å²) in [6.07, 6.45) is 1.02. The van der Waals surface area contributed by atoms with Gasteiger partial charge in [-0.15, -0.1) is 0 Å². The minimum atomic E-state index is -1.09. The summed E-state index contributed by atoms with van der Waals surface area (Å²) in [5.74, 6) is -4.12. The molecule has 1 spiro atoms. The van der Waals surface area contributed by atoms with Gasteiger partial charge in [0.1, 0.15) is 5.56 Å². The summed E-state index contributed by atoms with van der Waals surface area (Å²) in [5.41, 5.74) is 1.39. The topological polar surface area (TPSA) is 88.2 Å². The first-order valence-corrected chi connectivity index (χ1v) is 13.8. The van der Waals surface area contributed by atoms with Crippen molar-refractivity contribution in [3.05, 3.63) is 87.4 Å². The smallest absolute Gasteiger partial charge is 0.260 e. The van der Waals surface area contributed by atoms with Crippen LogP contribution in [0.15, 0.2) is 48.5 Å². The van der Waals surface area contributed by atoms with Crippen molar-refractivity contribution in [2.45, 2.75) is 31.7 Å². The van der Waals surface area contributed by atoms with E-state index in [9.17, 15) is 14.4 Å². The molecule has 8 nitrogen and oxygen atoms in total. The fourth-order valence-corrected chi connectivity index (χ4v) is 6.17. The molecule has 0 saturated carbocycles. The number of carbonyl (C=O) groups excluding carboxylic acids is 3. The Kier molecular flexibility index (Phi) is 8.10. The van der Waals surface area contributed by atoms with Crippen LogP contribution in [0.1, 0.15) is 51.6 Å². The van der Waals surface area contributed by atoms with Crippen molar-refractivity contribution in [1.82, 2.24) is 9.80 Å². The standard InChI is InChI=1S/C31H30ClF2N3O5/c1-18(38)35-20-8-9-23(32)21(14-20)29(39)36-12-10-31(11-13-36)17-37(16-19-6-4-5-7-22(19)31)30(40)26-27(33)24(41-2)15-25(42-3)28(26)34/h4-9,14-15H,10-13,16-17H2,1-3H3,(H,35,38). The lowest BCUT2D eigenvalue weighted by atomic mass is 9.68. The van der Waals surface area contributed by atoms with Crippen LogP contribution in [0, 0.1) is 11.6 Å². The Bertz CT molecular complexity index is 1540. The number of anilines is 1. The molecule has 42 heavy (non-hydrogen) atoms.